The summed E-state index contributed by atoms with van der Waals surface area (Å²) in [6, 6.07) is 7.57. The number of carbonyl (C=O) groups is 1. The Labute approximate surface area is 153 Å². The Kier molecular flexibility index (Phi) is 5.66. The number of nitro groups is 1. The number of hydrogen-bond donors (Lipinski definition) is 0. The lowest BCUT2D eigenvalue weighted by atomic mass is 10.2. The van der Waals surface area contributed by atoms with Crippen molar-refractivity contribution >= 4 is 50.3 Å². The van der Waals surface area contributed by atoms with Gasteiger partial charge in [-0.3, -0.25) is 10.1 Å². The molecule has 10 heteroatoms. The fraction of sp³-hybridized carbons (Fsp3) is 0.133. The number of carbonyl (C=O) groups excluding carboxylic acids is 1. The maximum atomic E-state index is 12.2. The average molecular weight is 403 g/mol. The van der Waals surface area contributed by atoms with E-state index >= 15 is 0 Å². The van der Waals surface area contributed by atoms with E-state index in [1.807, 2.05) is 0 Å². The Bertz CT molecular complexity index is 959. The number of ether oxygens (including phenoxy) is 1. The first-order valence-corrected chi connectivity index (χ1v) is 9.78. The lowest BCUT2D eigenvalue weighted by Crippen LogP contribution is -2.09. The van der Waals surface area contributed by atoms with Crippen LogP contribution in [0, 0.1) is 10.1 Å². The van der Waals surface area contributed by atoms with Crippen molar-refractivity contribution < 1.29 is 18.7 Å². The van der Waals surface area contributed by atoms with Gasteiger partial charge in [0.1, 0.15) is 5.69 Å². The summed E-state index contributed by atoms with van der Waals surface area (Å²) < 4.78 is 21.2. The van der Waals surface area contributed by atoms with Crippen molar-refractivity contribution in [1.29, 1.82) is 0 Å². The molecular formula is C15H12Cl2N2O5S. The highest BCUT2D eigenvalue weighted by molar-refractivity contribution is 7.92. The van der Waals surface area contributed by atoms with Gasteiger partial charge in [0.2, 0.25) is 0 Å². The van der Waals surface area contributed by atoms with Crippen molar-refractivity contribution in [1.82, 2.24) is 0 Å². The van der Waals surface area contributed by atoms with Crippen LogP contribution in [0.15, 0.2) is 40.8 Å². The molecule has 0 atom stereocenters. The van der Waals surface area contributed by atoms with E-state index in [9.17, 15) is 19.1 Å². The fourth-order valence-corrected chi connectivity index (χ4v) is 3.00. The maximum Gasteiger partial charge on any atom is 0.343 e. The molecular weight excluding hydrogens is 391 g/mol. The van der Waals surface area contributed by atoms with E-state index in [0.29, 0.717) is 0 Å². The molecule has 0 bridgehead atoms. The van der Waals surface area contributed by atoms with E-state index < -0.39 is 20.6 Å². The van der Waals surface area contributed by atoms with Crippen LogP contribution in [0.4, 0.5) is 11.4 Å². The Balaban J connectivity index is 2.41. The fourth-order valence-electron chi connectivity index (χ4n) is 1.81. The minimum absolute atomic E-state index is 0.0383. The normalized spacial score (nSPS) is 11.0. The molecule has 0 aliphatic heterocycles. The number of non-ortho nitro benzene ring substituents is 1. The monoisotopic (exact) mass is 402 g/mol. The molecule has 0 saturated carbocycles. The SMILES string of the molecule is CS(C)(=O)=Nc1c(Cl)cc(Cl)cc1OC(=O)c1ccc([N+](=O)[O-])cc1. The summed E-state index contributed by atoms with van der Waals surface area (Å²) in [5, 5.41) is 10.9. The number of halogens is 2. The molecule has 0 radical (unpaired) electrons. The van der Waals surface area contributed by atoms with Crippen molar-refractivity contribution in [3.8, 4) is 5.75 Å². The third kappa shape index (κ3) is 5.15. The number of esters is 1. The highest BCUT2D eigenvalue weighted by Crippen LogP contribution is 2.39. The van der Waals surface area contributed by atoms with E-state index in [1.165, 1.54) is 48.9 Å². The molecule has 0 heterocycles. The van der Waals surface area contributed by atoms with Crippen LogP contribution in [0.25, 0.3) is 0 Å². The molecule has 2 rings (SSSR count). The minimum Gasteiger partial charge on any atom is -0.420 e. The first kappa shape index (κ1) is 19.2. The Morgan fingerprint density at radius 3 is 2.32 bits per heavy atom. The molecule has 25 heavy (non-hydrogen) atoms. The van der Waals surface area contributed by atoms with Crippen molar-refractivity contribution in [2.24, 2.45) is 4.36 Å². The molecule has 7 nitrogen and oxygen atoms in total. The zero-order valence-electron chi connectivity index (χ0n) is 13.1. The van der Waals surface area contributed by atoms with Gasteiger partial charge in [0, 0.05) is 45.5 Å². The molecule has 0 amide bonds. The van der Waals surface area contributed by atoms with Gasteiger partial charge in [0.25, 0.3) is 5.69 Å². The molecule has 0 fully saturated rings. The number of rotatable bonds is 4. The van der Waals surface area contributed by atoms with E-state index in [-0.39, 0.29) is 32.7 Å². The van der Waals surface area contributed by atoms with E-state index in [4.69, 9.17) is 27.9 Å². The largest absolute Gasteiger partial charge is 0.420 e. The molecule has 0 N–H and O–H groups in total. The van der Waals surface area contributed by atoms with Crippen molar-refractivity contribution in [3.05, 3.63) is 62.1 Å². The van der Waals surface area contributed by atoms with Gasteiger partial charge in [0.05, 0.1) is 15.5 Å². The smallest absolute Gasteiger partial charge is 0.343 e. The van der Waals surface area contributed by atoms with Crippen LogP contribution in [-0.2, 0) is 9.73 Å². The molecule has 0 aliphatic rings. The van der Waals surface area contributed by atoms with Crippen molar-refractivity contribution in [3.63, 3.8) is 0 Å². The van der Waals surface area contributed by atoms with Gasteiger partial charge < -0.3 is 4.74 Å². The summed E-state index contributed by atoms with van der Waals surface area (Å²) >= 11 is 12.0. The van der Waals surface area contributed by atoms with Gasteiger partial charge in [-0.25, -0.2) is 9.00 Å². The first-order valence-electron chi connectivity index (χ1n) is 6.69. The molecule has 0 aromatic heterocycles. The van der Waals surface area contributed by atoms with Crippen LogP contribution in [0.3, 0.4) is 0 Å². The van der Waals surface area contributed by atoms with Gasteiger partial charge in [0.15, 0.2) is 5.75 Å². The zero-order valence-corrected chi connectivity index (χ0v) is 15.4. The number of nitro benzene ring substituents is 1. The Hall–Kier alpha value is -2.16. The third-order valence-electron chi connectivity index (χ3n) is 2.82. The van der Waals surface area contributed by atoms with Gasteiger partial charge in [-0.1, -0.05) is 23.2 Å². The highest BCUT2D eigenvalue weighted by Gasteiger charge is 2.17. The van der Waals surface area contributed by atoms with Crippen LogP contribution in [-0.4, -0.2) is 27.6 Å². The predicted octanol–water partition coefficient (Wildman–Crippen LogP) is 4.48. The summed E-state index contributed by atoms with van der Waals surface area (Å²) in [6.07, 6.45) is 2.81. The van der Waals surface area contributed by atoms with Gasteiger partial charge in [-0.15, -0.1) is 0 Å². The third-order valence-corrected chi connectivity index (χ3v) is 3.95. The standard InChI is InChI=1S/C15H12Cl2N2O5S/c1-25(2,23)18-14-12(17)7-10(16)8-13(14)24-15(20)9-3-5-11(6-4-9)19(21)22/h3-8H,1-2H3. The summed E-state index contributed by atoms with van der Waals surface area (Å²) in [5.74, 6) is -0.847. The van der Waals surface area contributed by atoms with Crippen LogP contribution >= 0.6 is 23.2 Å². The van der Waals surface area contributed by atoms with E-state index in [0.717, 1.165) is 0 Å². The van der Waals surface area contributed by atoms with Crippen molar-refractivity contribution in [2.75, 3.05) is 12.5 Å². The Morgan fingerprint density at radius 1 is 1.20 bits per heavy atom. The first-order chi connectivity index (χ1) is 11.6. The zero-order chi connectivity index (χ0) is 18.8. The van der Waals surface area contributed by atoms with E-state index in [1.54, 1.807) is 0 Å². The molecule has 0 spiro atoms. The van der Waals surface area contributed by atoms with Crippen LogP contribution in [0.2, 0.25) is 10.0 Å². The van der Waals surface area contributed by atoms with Crippen LogP contribution < -0.4 is 4.74 Å². The summed E-state index contributed by atoms with van der Waals surface area (Å²) in [6.45, 7) is 0. The molecule has 0 unspecified atom stereocenters. The number of hydrogen-bond acceptors (Lipinski definition) is 6. The molecule has 0 aliphatic carbocycles. The van der Waals surface area contributed by atoms with Gasteiger partial charge in [-0.05, 0) is 18.2 Å². The number of nitrogens with zero attached hydrogens (tertiary/aromatic N) is 2. The topological polar surface area (TPSA) is 98.9 Å². The average Bonchev–Trinajstić information content (AvgIpc) is 2.49. The maximum absolute atomic E-state index is 12.2. The second kappa shape index (κ2) is 7.38. The number of benzene rings is 2. The Morgan fingerprint density at radius 2 is 1.80 bits per heavy atom. The molecule has 0 saturated heterocycles. The quantitative estimate of drug-likeness (QED) is 0.324. The van der Waals surface area contributed by atoms with Crippen molar-refractivity contribution in [2.45, 2.75) is 0 Å². The molecule has 2 aromatic rings. The van der Waals surface area contributed by atoms with Crippen LogP contribution in [0.1, 0.15) is 10.4 Å². The predicted molar refractivity (Wildman–Crippen MR) is 96.6 cm³/mol. The van der Waals surface area contributed by atoms with Gasteiger partial charge >= 0.3 is 5.97 Å². The minimum atomic E-state index is -2.57. The van der Waals surface area contributed by atoms with Crippen LogP contribution in [0.5, 0.6) is 5.75 Å². The molecule has 2 aromatic carbocycles. The molecule has 132 valence electrons. The lowest BCUT2D eigenvalue weighted by Gasteiger charge is -2.10. The summed E-state index contributed by atoms with van der Waals surface area (Å²) in [7, 11) is -2.57. The second-order valence-corrected chi connectivity index (χ2v) is 8.59. The lowest BCUT2D eigenvalue weighted by molar-refractivity contribution is -0.384. The summed E-state index contributed by atoms with van der Waals surface area (Å²) in [4.78, 5) is 22.3. The highest BCUT2D eigenvalue weighted by atomic mass is 35.5. The van der Waals surface area contributed by atoms with Gasteiger partial charge in [-0.2, -0.15) is 4.36 Å². The summed E-state index contributed by atoms with van der Waals surface area (Å²) in [5.41, 5.74) is -0.0348. The second-order valence-electron chi connectivity index (χ2n) is 5.20. The van der Waals surface area contributed by atoms with E-state index in [2.05, 4.69) is 4.36 Å².